The molecule has 0 aromatic carbocycles. The van der Waals surface area contributed by atoms with Gasteiger partial charge in [0.05, 0.1) is 0 Å². The SMILES string of the molecule is C[C@@H](F)[C@](C)(O)C(=O)O. The maximum Gasteiger partial charge on any atom is 0.338 e. The molecule has 0 spiro atoms. The van der Waals surface area contributed by atoms with Gasteiger partial charge in [0.1, 0.15) is 6.17 Å². The fraction of sp³-hybridized carbons (Fsp3) is 0.800. The van der Waals surface area contributed by atoms with Crippen molar-refractivity contribution in [1.82, 2.24) is 0 Å². The Morgan fingerprint density at radius 3 is 2.11 bits per heavy atom. The minimum atomic E-state index is -2.25. The van der Waals surface area contributed by atoms with Crippen molar-refractivity contribution < 1.29 is 19.4 Å². The average Bonchev–Trinajstić information content (AvgIpc) is 1.65. The molecule has 0 bridgehead atoms. The Hall–Kier alpha value is -0.640. The Morgan fingerprint density at radius 1 is 1.78 bits per heavy atom. The van der Waals surface area contributed by atoms with Crippen molar-refractivity contribution >= 4 is 5.97 Å². The quantitative estimate of drug-likeness (QED) is 0.569. The smallest absolute Gasteiger partial charge is 0.338 e. The van der Waals surface area contributed by atoms with Gasteiger partial charge >= 0.3 is 5.97 Å². The summed E-state index contributed by atoms with van der Waals surface area (Å²) < 4.78 is 12.1. The second-order valence-corrected chi connectivity index (χ2v) is 2.07. The van der Waals surface area contributed by atoms with Crippen molar-refractivity contribution in [3.05, 3.63) is 0 Å². The normalized spacial score (nSPS) is 20.4. The van der Waals surface area contributed by atoms with Crippen LogP contribution in [0.2, 0.25) is 0 Å². The standard InChI is InChI=1S/C5H9FO3/c1-3(6)5(2,9)4(7)8/h3,9H,1-2H3,(H,7,8)/t3-,5+/m1/s1. The Morgan fingerprint density at radius 2 is 2.11 bits per heavy atom. The van der Waals surface area contributed by atoms with Crippen molar-refractivity contribution in [2.45, 2.75) is 25.6 Å². The molecule has 0 aliphatic carbocycles. The highest BCUT2D eigenvalue weighted by molar-refractivity contribution is 5.77. The lowest BCUT2D eigenvalue weighted by Crippen LogP contribution is -2.42. The van der Waals surface area contributed by atoms with E-state index < -0.39 is 17.7 Å². The van der Waals surface area contributed by atoms with Crippen LogP contribution in [0, 0.1) is 0 Å². The van der Waals surface area contributed by atoms with Gasteiger partial charge in [0.2, 0.25) is 0 Å². The second-order valence-electron chi connectivity index (χ2n) is 2.07. The molecule has 2 N–H and O–H groups in total. The molecule has 0 saturated heterocycles. The zero-order valence-electron chi connectivity index (χ0n) is 5.26. The third-order valence-electron chi connectivity index (χ3n) is 1.21. The third kappa shape index (κ3) is 1.64. The van der Waals surface area contributed by atoms with Crippen molar-refractivity contribution in [2.24, 2.45) is 0 Å². The molecule has 0 saturated carbocycles. The van der Waals surface area contributed by atoms with Crippen LogP contribution >= 0.6 is 0 Å². The maximum absolute atomic E-state index is 12.1. The van der Waals surface area contributed by atoms with Crippen LogP contribution in [0.15, 0.2) is 0 Å². The summed E-state index contributed by atoms with van der Waals surface area (Å²) >= 11 is 0. The lowest BCUT2D eigenvalue weighted by molar-refractivity contribution is -0.162. The average molecular weight is 136 g/mol. The van der Waals surface area contributed by atoms with E-state index in [-0.39, 0.29) is 0 Å². The van der Waals surface area contributed by atoms with Crippen LogP contribution in [-0.2, 0) is 4.79 Å². The molecular weight excluding hydrogens is 127 g/mol. The van der Waals surface area contributed by atoms with Crippen LogP contribution in [0.5, 0.6) is 0 Å². The highest BCUT2D eigenvalue weighted by Gasteiger charge is 2.36. The highest BCUT2D eigenvalue weighted by Crippen LogP contribution is 2.12. The number of rotatable bonds is 2. The molecule has 0 unspecified atom stereocenters. The van der Waals surface area contributed by atoms with Gasteiger partial charge in [0.15, 0.2) is 5.60 Å². The number of aliphatic hydroxyl groups is 1. The molecule has 0 fully saturated rings. The molecule has 0 aromatic heterocycles. The molecule has 0 aromatic rings. The predicted octanol–water partition coefficient (Wildman–Crippen LogP) is 0.180. The van der Waals surface area contributed by atoms with Crippen LogP contribution in [0.1, 0.15) is 13.8 Å². The first-order valence-corrected chi connectivity index (χ1v) is 2.49. The molecule has 0 heterocycles. The monoisotopic (exact) mass is 136 g/mol. The molecule has 0 radical (unpaired) electrons. The summed E-state index contributed by atoms with van der Waals surface area (Å²) in [7, 11) is 0. The lowest BCUT2D eigenvalue weighted by Gasteiger charge is -2.18. The number of hydrogen-bond donors (Lipinski definition) is 2. The molecule has 4 heteroatoms. The minimum Gasteiger partial charge on any atom is -0.479 e. The van der Waals surface area contributed by atoms with Crippen LogP contribution < -0.4 is 0 Å². The highest BCUT2D eigenvalue weighted by atomic mass is 19.1. The van der Waals surface area contributed by atoms with Crippen molar-refractivity contribution in [3.63, 3.8) is 0 Å². The van der Waals surface area contributed by atoms with E-state index in [2.05, 4.69) is 0 Å². The molecule has 54 valence electrons. The number of carboxylic acid groups (broad SMARTS) is 1. The van der Waals surface area contributed by atoms with Gasteiger partial charge < -0.3 is 10.2 Å². The summed E-state index contributed by atoms with van der Waals surface area (Å²) in [6.45, 7) is 1.91. The Labute approximate surface area is 52.1 Å². The van der Waals surface area contributed by atoms with Crippen molar-refractivity contribution in [1.29, 1.82) is 0 Å². The topological polar surface area (TPSA) is 57.5 Å². The van der Waals surface area contributed by atoms with Crippen LogP contribution in [0.3, 0.4) is 0 Å². The van der Waals surface area contributed by atoms with Gasteiger partial charge in [0, 0.05) is 0 Å². The fourth-order valence-corrected chi connectivity index (χ4v) is 0.170. The molecule has 9 heavy (non-hydrogen) atoms. The molecule has 0 aliphatic heterocycles. The van der Waals surface area contributed by atoms with Gasteiger partial charge in [-0.05, 0) is 13.8 Å². The Bertz CT molecular complexity index is 119. The van der Waals surface area contributed by atoms with Crippen molar-refractivity contribution in [3.8, 4) is 0 Å². The van der Waals surface area contributed by atoms with E-state index >= 15 is 0 Å². The van der Waals surface area contributed by atoms with Crippen molar-refractivity contribution in [2.75, 3.05) is 0 Å². The number of aliphatic carboxylic acids is 1. The van der Waals surface area contributed by atoms with E-state index in [0.717, 1.165) is 13.8 Å². The van der Waals surface area contributed by atoms with Gasteiger partial charge in [-0.1, -0.05) is 0 Å². The van der Waals surface area contributed by atoms with Gasteiger partial charge in [0.25, 0.3) is 0 Å². The second kappa shape index (κ2) is 2.31. The largest absolute Gasteiger partial charge is 0.479 e. The first kappa shape index (κ1) is 8.36. The van der Waals surface area contributed by atoms with E-state index in [1.165, 1.54) is 0 Å². The molecule has 0 rings (SSSR count). The Kier molecular flexibility index (Phi) is 2.14. The summed E-state index contributed by atoms with van der Waals surface area (Å²) in [5.41, 5.74) is -2.25. The predicted molar refractivity (Wildman–Crippen MR) is 28.8 cm³/mol. The number of carboxylic acids is 1. The summed E-state index contributed by atoms with van der Waals surface area (Å²) in [5, 5.41) is 16.8. The number of hydrogen-bond acceptors (Lipinski definition) is 2. The van der Waals surface area contributed by atoms with E-state index in [1.54, 1.807) is 0 Å². The zero-order valence-corrected chi connectivity index (χ0v) is 5.26. The molecule has 3 nitrogen and oxygen atoms in total. The minimum absolute atomic E-state index is 0.917. The van der Waals surface area contributed by atoms with Gasteiger partial charge in [-0.15, -0.1) is 0 Å². The summed E-state index contributed by atoms with van der Waals surface area (Å²) in [5.74, 6) is -1.54. The molecule has 2 atom stereocenters. The molecular formula is C5H9FO3. The first-order chi connectivity index (χ1) is 3.89. The lowest BCUT2D eigenvalue weighted by atomic mass is 10.0. The zero-order chi connectivity index (χ0) is 7.65. The van der Waals surface area contributed by atoms with Crippen LogP contribution in [0.4, 0.5) is 4.39 Å². The fourth-order valence-electron chi connectivity index (χ4n) is 0.170. The third-order valence-corrected chi connectivity index (χ3v) is 1.21. The maximum atomic E-state index is 12.1. The number of halogens is 1. The Balaban J connectivity index is 4.19. The molecule has 0 aliphatic rings. The summed E-state index contributed by atoms with van der Waals surface area (Å²) in [6.07, 6.45) is -1.75. The van der Waals surface area contributed by atoms with Crippen LogP contribution in [-0.4, -0.2) is 28.0 Å². The van der Waals surface area contributed by atoms with E-state index in [1.807, 2.05) is 0 Å². The van der Waals surface area contributed by atoms with Gasteiger partial charge in [-0.25, -0.2) is 9.18 Å². The molecule has 0 amide bonds. The summed E-state index contributed by atoms with van der Waals surface area (Å²) in [6, 6.07) is 0. The van der Waals surface area contributed by atoms with E-state index in [9.17, 15) is 9.18 Å². The summed E-state index contributed by atoms with van der Waals surface area (Å²) in [4.78, 5) is 9.97. The van der Waals surface area contributed by atoms with E-state index in [0.29, 0.717) is 0 Å². The van der Waals surface area contributed by atoms with Gasteiger partial charge in [-0.3, -0.25) is 0 Å². The van der Waals surface area contributed by atoms with Crippen LogP contribution in [0.25, 0.3) is 0 Å². The van der Waals surface area contributed by atoms with Gasteiger partial charge in [-0.2, -0.15) is 0 Å². The first-order valence-electron chi connectivity index (χ1n) is 2.49. The van der Waals surface area contributed by atoms with E-state index in [4.69, 9.17) is 10.2 Å². The number of alkyl halides is 1. The number of carbonyl (C=O) groups is 1.